The zero-order valence-corrected chi connectivity index (χ0v) is 12.6. The van der Waals surface area contributed by atoms with Gasteiger partial charge >= 0.3 is 0 Å². The van der Waals surface area contributed by atoms with E-state index >= 15 is 0 Å². The SMILES string of the molecule is NNC(Cc1cc(F)cc(Br)c1)C1CCCCS1. The van der Waals surface area contributed by atoms with Gasteiger partial charge in [-0.05, 0) is 48.8 Å². The lowest BCUT2D eigenvalue weighted by Gasteiger charge is -2.29. The Bertz CT molecular complexity index is 376. The summed E-state index contributed by atoms with van der Waals surface area (Å²) in [7, 11) is 0. The van der Waals surface area contributed by atoms with Crippen LogP contribution in [0.25, 0.3) is 0 Å². The van der Waals surface area contributed by atoms with Gasteiger partial charge in [0, 0.05) is 15.8 Å². The third-order valence-corrected chi connectivity index (χ3v) is 5.23. The molecule has 3 N–H and O–H groups in total. The van der Waals surface area contributed by atoms with Crippen molar-refractivity contribution in [2.75, 3.05) is 5.75 Å². The van der Waals surface area contributed by atoms with Gasteiger partial charge in [-0.1, -0.05) is 22.4 Å². The molecule has 18 heavy (non-hydrogen) atoms. The van der Waals surface area contributed by atoms with Crippen molar-refractivity contribution in [1.29, 1.82) is 0 Å². The minimum Gasteiger partial charge on any atom is -0.271 e. The molecule has 0 aromatic heterocycles. The van der Waals surface area contributed by atoms with Crippen LogP contribution in [-0.4, -0.2) is 17.0 Å². The Kier molecular flexibility index (Phi) is 5.48. The van der Waals surface area contributed by atoms with Crippen LogP contribution in [0, 0.1) is 5.82 Å². The van der Waals surface area contributed by atoms with E-state index in [1.54, 1.807) is 6.07 Å². The average Bonchev–Trinajstić information content (AvgIpc) is 2.36. The maximum atomic E-state index is 13.3. The molecule has 0 amide bonds. The van der Waals surface area contributed by atoms with E-state index in [0.717, 1.165) is 16.5 Å². The van der Waals surface area contributed by atoms with Crippen LogP contribution in [0.15, 0.2) is 22.7 Å². The lowest BCUT2D eigenvalue weighted by atomic mass is 10.00. The predicted octanol–water partition coefficient (Wildman–Crippen LogP) is 3.25. The fourth-order valence-electron chi connectivity index (χ4n) is 2.36. The smallest absolute Gasteiger partial charge is 0.124 e. The molecule has 1 fully saturated rings. The number of hydrazine groups is 1. The van der Waals surface area contributed by atoms with Gasteiger partial charge in [-0.15, -0.1) is 0 Å². The minimum absolute atomic E-state index is 0.202. The first kappa shape index (κ1) is 14.3. The molecule has 2 atom stereocenters. The normalized spacial score (nSPS) is 21.8. The average molecular weight is 333 g/mol. The van der Waals surface area contributed by atoms with E-state index in [0.29, 0.717) is 5.25 Å². The minimum atomic E-state index is -0.202. The molecule has 0 aliphatic carbocycles. The third-order valence-electron chi connectivity index (χ3n) is 3.26. The molecular formula is C13H18BrFN2S. The topological polar surface area (TPSA) is 38.0 Å². The molecule has 100 valence electrons. The highest BCUT2D eigenvalue weighted by molar-refractivity contribution is 9.10. The number of nitrogens with two attached hydrogens (primary N) is 1. The molecule has 1 aliphatic heterocycles. The van der Waals surface area contributed by atoms with Gasteiger partial charge in [0.1, 0.15) is 5.82 Å². The van der Waals surface area contributed by atoms with E-state index in [1.807, 2.05) is 17.8 Å². The quantitative estimate of drug-likeness (QED) is 0.656. The Morgan fingerprint density at radius 2 is 2.28 bits per heavy atom. The van der Waals surface area contributed by atoms with Gasteiger partial charge in [0.15, 0.2) is 0 Å². The number of hydrogen-bond acceptors (Lipinski definition) is 3. The Morgan fingerprint density at radius 3 is 2.89 bits per heavy atom. The molecule has 1 aromatic carbocycles. The van der Waals surface area contributed by atoms with Gasteiger partial charge in [0.05, 0.1) is 0 Å². The second-order valence-corrected chi connectivity index (χ2v) is 6.92. The highest BCUT2D eigenvalue weighted by Gasteiger charge is 2.23. The van der Waals surface area contributed by atoms with Crippen molar-refractivity contribution < 1.29 is 4.39 Å². The maximum absolute atomic E-state index is 13.3. The Hall–Kier alpha value is -0.100. The van der Waals surface area contributed by atoms with Crippen molar-refractivity contribution in [3.8, 4) is 0 Å². The van der Waals surface area contributed by atoms with E-state index in [9.17, 15) is 4.39 Å². The van der Waals surface area contributed by atoms with Crippen LogP contribution in [-0.2, 0) is 6.42 Å². The third kappa shape index (κ3) is 3.95. The second kappa shape index (κ2) is 6.89. The fourth-order valence-corrected chi connectivity index (χ4v) is 4.29. The number of rotatable bonds is 4. The van der Waals surface area contributed by atoms with Crippen molar-refractivity contribution in [2.24, 2.45) is 5.84 Å². The summed E-state index contributed by atoms with van der Waals surface area (Å²) in [4.78, 5) is 0. The lowest BCUT2D eigenvalue weighted by Crippen LogP contribution is -2.45. The van der Waals surface area contributed by atoms with E-state index in [4.69, 9.17) is 5.84 Å². The number of hydrogen-bond donors (Lipinski definition) is 2. The molecule has 1 saturated heterocycles. The number of benzene rings is 1. The summed E-state index contributed by atoms with van der Waals surface area (Å²) in [6.45, 7) is 0. The highest BCUT2D eigenvalue weighted by atomic mass is 79.9. The van der Waals surface area contributed by atoms with Crippen molar-refractivity contribution in [1.82, 2.24) is 5.43 Å². The van der Waals surface area contributed by atoms with Crippen LogP contribution < -0.4 is 11.3 Å². The van der Waals surface area contributed by atoms with Crippen LogP contribution in [0.3, 0.4) is 0 Å². The van der Waals surface area contributed by atoms with E-state index < -0.39 is 0 Å². The highest BCUT2D eigenvalue weighted by Crippen LogP contribution is 2.29. The molecule has 0 radical (unpaired) electrons. The molecule has 1 aromatic rings. The summed E-state index contributed by atoms with van der Waals surface area (Å²) in [5, 5.41) is 0.533. The van der Waals surface area contributed by atoms with Gasteiger partial charge in [-0.3, -0.25) is 11.3 Å². The first-order chi connectivity index (χ1) is 8.69. The first-order valence-corrected chi connectivity index (χ1v) is 8.06. The molecule has 0 bridgehead atoms. The van der Waals surface area contributed by atoms with Crippen molar-refractivity contribution in [2.45, 2.75) is 37.0 Å². The largest absolute Gasteiger partial charge is 0.271 e. The molecule has 2 unspecified atom stereocenters. The van der Waals surface area contributed by atoms with Gasteiger partial charge in [-0.25, -0.2) is 4.39 Å². The van der Waals surface area contributed by atoms with Crippen LogP contribution >= 0.6 is 27.7 Å². The molecule has 1 heterocycles. The van der Waals surface area contributed by atoms with Gasteiger partial charge in [0.2, 0.25) is 0 Å². The molecule has 5 heteroatoms. The molecule has 0 saturated carbocycles. The molecule has 2 rings (SSSR count). The molecule has 1 aliphatic rings. The number of halogens is 2. The Labute approximate surface area is 120 Å². The number of nitrogens with one attached hydrogen (secondary N) is 1. The monoisotopic (exact) mass is 332 g/mol. The molecule has 0 spiro atoms. The van der Waals surface area contributed by atoms with Crippen LogP contribution in [0.2, 0.25) is 0 Å². The van der Waals surface area contributed by atoms with Crippen molar-refractivity contribution >= 4 is 27.7 Å². The second-order valence-electron chi connectivity index (χ2n) is 4.66. The lowest BCUT2D eigenvalue weighted by molar-refractivity contribution is 0.471. The Balaban J connectivity index is 2.04. The zero-order chi connectivity index (χ0) is 13.0. The summed E-state index contributed by atoms with van der Waals surface area (Å²) in [5.41, 5.74) is 3.88. The molecule has 2 nitrogen and oxygen atoms in total. The number of thioether (sulfide) groups is 1. The standard InChI is InChI=1S/C13H18BrFN2S/c14-10-5-9(6-11(15)8-10)7-12(17-16)13-3-1-2-4-18-13/h5-6,8,12-13,17H,1-4,7,16H2. The van der Waals surface area contributed by atoms with Crippen LogP contribution in [0.1, 0.15) is 24.8 Å². The van der Waals surface area contributed by atoms with E-state index in [1.165, 1.54) is 31.1 Å². The summed E-state index contributed by atoms with van der Waals surface area (Å²) in [6, 6.07) is 5.23. The fraction of sp³-hybridized carbons (Fsp3) is 0.538. The predicted molar refractivity (Wildman–Crippen MR) is 79.0 cm³/mol. The summed E-state index contributed by atoms with van der Waals surface area (Å²) in [6.07, 6.45) is 4.52. The van der Waals surface area contributed by atoms with Crippen LogP contribution in [0.4, 0.5) is 4.39 Å². The van der Waals surface area contributed by atoms with Crippen LogP contribution in [0.5, 0.6) is 0 Å². The van der Waals surface area contributed by atoms with Gasteiger partial charge in [0.25, 0.3) is 0 Å². The van der Waals surface area contributed by atoms with Gasteiger partial charge in [-0.2, -0.15) is 11.8 Å². The Morgan fingerprint density at radius 1 is 1.44 bits per heavy atom. The summed E-state index contributed by atoms with van der Waals surface area (Å²) in [5.74, 6) is 6.66. The summed E-state index contributed by atoms with van der Waals surface area (Å²) < 4.78 is 14.1. The van der Waals surface area contributed by atoms with E-state index in [-0.39, 0.29) is 11.9 Å². The maximum Gasteiger partial charge on any atom is 0.124 e. The van der Waals surface area contributed by atoms with Crippen molar-refractivity contribution in [3.05, 3.63) is 34.1 Å². The van der Waals surface area contributed by atoms with E-state index in [2.05, 4.69) is 21.4 Å². The zero-order valence-electron chi connectivity index (χ0n) is 10.2. The first-order valence-electron chi connectivity index (χ1n) is 6.22. The van der Waals surface area contributed by atoms with Crippen molar-refractivity contribution in [3.63, 3.8) is 0 Å². The summed E-state index contributed by atoms with van der Waals surface area (Å²) >= 11 is 5.30. The van der Waals surface area contributed by atoms with Gasteiger partial charge < -0.3 is 0 Å². The molecular weight excluding hydrogens is 315 g/mol.